The molecule has 0 unspecified atom stereocenters. The van der Waals surface area contributed by atoms with E-state index in [9.17, 15) is 4.57 Å². The van der Waals surface area contributed by atoms with Crippen LogP contribution >= 0.6 is 23.1 Å². The van der Waals surface area contributed by atoms with Crippen LogP contribution in [0.3, 0.4) is 0 Å². The Labute approximate surface area is 273 Å². The van der Waals surface area contributed by atoms with E-state index in [2.05, 4.69) is 75.7 Å². The first-order valence-corrected chi connectivity index (χ1v) is 18.9. The molecule has 238 valence electrons. The Morgan fingerprint density at radius 1 is 1.04 bits per heavy atom. The summed E-state index contributed by atoms with van der Waals surface area (Å²) >= 11 is 3.58. The number of aryl methyl sites for hydroxylation is 1. The molecule has 13 heteroatoms. The number of piperidine rings is 1. The Morgan fingerprint density at radius 2 is 1.82 bits per heavy atom. The monoisotopic (exact) mass is 693 g/mol. The number of anilines is 5. The summed E-state index contributed by atoms with van der Waals surface area (Å²) in [6.45, 7) is 12.2. The van der Waals surface area contributed by atoms with Crippen LogP contribution in [0.1, 0.15) is 25.3 Å². The highest BCUT2D eigenvalue weighted by atomic mass is 79.9. The standard InChI is InChI=1S/C32H41BrN9O2P/c1-5-21-17-25(28(44-2)18-27(21)42-13-8-22(9-14-42)41-15-11-34-12-16-41)39-32-37-19-23(33)31(40-32)38-26-20-36-24-7-6-10-35-29(24)30(26)45(3,4)43/h6-7,10,17-20,22,34H,5,8-9,11-16H2,1-4H3,(H2,37,38,39,40). The molecule has 11 nitrogen and oxygen atoms in total. The van der Waals surface area contributed by atoms with Gasteiger partial charge >= 0.3 is 0 Å². The zero-order valence-corrected chi connectivity index (χ0v) is 28.8. The largest absolute Gasteiger partial charge is 0.494 e. The van der Waals surface area contributed by atoms with Crippen LogP contribution in [-0.4, -0.2) is 90.6 Å². The smallest absolute Gasteiger partial charge is 0.229 e. The van der Waals surface area contributed by atoms with Crippen molar-refractivity contribution < 1.29 is 9.30 Å². The number of ether oxygens (including phenoxy) is 1. The maximum absolute atomic E-state index is 13.4. The molecule has 45 heavy (non-hydrogen) atoms. The fraction of sp³-hybridized carbons (Fsp3) is 0.438. The third-order valence-corrected chi connectivity index (χ3v) is 10.7. The lowest BCUT2D eigenvalue weighted by Gasteiger charge is -2.41. The van der Waals surface area contributed by atoms with Crippen molar-refractivity contribution in [2.75, 3.05) is 75.2 Å². The molecule has 2 saturated heterocycles. The molecule has 0 amide bonds. The molecule has 1 aromatic carbocycles. The van der Waals surface area contributed by atoms with E-state index in [4.69, 9.17) is 9.72 Å². The fourth-order valence-electron chi connectivity index (χ4n) is 6.38. The first-order chi connectivity index (χ1) is 21.7. The Kier molecular flexibility index (Phi) is 9.56. The van der Waals surface area contributed by atoms with Crippen molar-refractivity contribution in [3.05, 3.63) is 52.9 Å². The molecule has 0 spiro atoms. The Hall–Kier alpha value is -3.31. The van der Waals surface area contributed by atoms with Gasteiger partial charge in [-0.3, -0.25) is 14.9 Å². The summed E-state index contributed by atoms with van der Waals surface area (Å²) in [4.78, 5) is 23.5. The molecule has 6 rings (SSSR count). The van der Waals surface area contributed by atoms with Crippen molar-refractivity contribution in [3.8, 4) is 5.75 Å². The molecule has 3 N–H and O–H groups in total. The third kappa shape index (κ3) is 6.94. The van der Waals surface area contributed by atoms with Crippen LogP contribution in [0.5, 0.6) is 5.75 Å². The summed E-state index contributed by atoms with van der Waals surface area (Å²) < 4.78 is 19.9. The molecule has 0 saturated carbocycles. The predicted molar refractivity (Wildman–Crippen MR) is 187 cm³/mol. The van der Waals surface area contributed by atoms with Crippen molar-refractivity contribution in [2.24, 2.45) is 0 Å². The molecule has 4 aromatic rings. The summed E-state index contributed by atoms with van der Waals surface area (Å²) in [6.07, 6.45) is 8.29. The minimum atomic E-state index is -2.73. The molecule has 2 fully saturated rings. The van der Waals surface area contributed by atoms with Crippen LogP contribution in [0.25, 0.3) is 11.0 Å². The van der Waals surface area contributed by atoms with Gasteiger partial charge in [0.1, 0.15) is 24.2 Å². The van der Waals surface area contributed by atoms with Crippen molar-refractivity contribution in [2.45, 2.75) is 32.2 Å². The molecule has 0 aliphatic carbocycles. The van der Waals surface area contributed by atoms with Gasteiger partial charge in [0.2, 0.25) is 5.95 Å². The second-order valence-corrected chi connectivity index (χ2v) is 15.9. The van der Waals surface area contributed by atoms with E-state index in [-0.39, 0.29) is 0 Å². The average molecular weight is 695 g/mol. The summed E-state index contributed by atoms with van der Waals surface area (Å²) in [7, 11) is -1.04. The lowest BCUT2D eigenvalue weighted by atomic mass is 9.99. The molecular formula is C32H41BrN9O2P. The second-order valence-electron chi connectivity index (χ2n) is 11.9. The van der Waals surface area contributed by atoms with Gasteiger partial charge in [0.05, 0.1) is 40.0 Å². The zero-order valence-electron chi connectivity index (χ0n) is 26.3. The average Bonchev–Trinajstić information content (AvgIpc) is 3.06. The quantitative estimate of drug-likeness (QED) is 0.197. The Bertz CT molecular complexity index is 1720. The molecular weight excluding hydrogens is 653 g/mol. The number of fused-ring (bicyclic) bond motifs is 1. The Morgan fingerprint density at radius 3 is 2.53 bits per heavy atom. The van der Waals surface area contributed by atoms with Gasteiger partial charge in [-0.25, -0.2) is 4.98 Å². The highest BCUT2D eigenvalue weighted by molar-refractivity contribution is 9.10. The number of methoxy groups -OCH3 is 1. The number of aromatic nitrogens is 4. The summed E-state index contributed by atoms with van der Waals surface area (Å²) in [5.41, 5.74) is 5.17. The predicted octanol–water partition coefficient (Wildman–Crippen LogP) is 5.36. The lowest BCUT2D eigenvalue weighted by Crippen LogP contribution is -2.52. The maximum atomic E-state index is 13.4. The molecule has 2 aliphatic heterocycles. The molecule has 0 bridgehead atoms. The van der Waals surface area contributed by atoms with Gasteiger partial charge in [0.25, 0.3) is 0 Å². The molecule has 3 aromatic heterocycles. The SMILES string of the molecule is CCc1cc(Nc2ncc(Br)c(Nc3cnc4cccnc4c3P(C)(C)=O)n2)c(OC)cc1N1CCC(N2CCNCC2)CC1. The van der Waals surface area contributed by atoms with E-state index < -0.39 is 7.14 Å². The highest BCUT2D eigenvalue weighted by Crippen LogP contribution is 2.41. The van der Waals surface area contributed by atoms with Gasteiger partial charge in [-0.05, 0) is 72.3 Å². The summed E-state index contributed by atoms with van der Waals surface area (Å²) in [6, 6.07) is 8.64. The second kappa shape index (κ2) is 13.6. The number of hydrogen-bond acceptors (Lipinski definition) is 11. The van der Waals surface area contributed by atoms with Crippen molar-refractivity contribution in [3.63, 3.8) is 0 Å². The summed E-state index contributed by atoms with van der Waals surface area (Å²) in [5.74, 6) is 1.64. The van der Waals surface area contributed by atoms with Crippen LogP contribution in [0.2, 0.25) is 0 Å². The topological polar surface area (TPSA) is 120 Å². The maximum Gasteiger partial charge on any atom is 0.229 e. The molecule has 0 atom stereocenters. The minimum Gasteiger partial charge on any atom is -0.494 e. The van der Waals surface area contributed by atoms with E-state index in [1.54, 1.807) is 39.0 Å². The van der Waals surface area contributed by atoms with E-state index >= 15 is 0 Å². The van der Waals surface area contributed by atoms with Crippen LogP contribution in [0.15, 0.2) is 47.3 Å². The van der Waals surface area contributed by atoms with Crippen LogP contribution in [-0.2, 0) is 11.0 Å². The Balaban J connectivity index is 1.24. The van der Waals surface area contributed by atoms with E-state index in [0.29, 0.717) is 44.3 Å². The van der Waals surface area contributed by atoms with E-state index in [1.165, 1.54) is 24.1 Å². The van der Waals surface area contributed by atoms with E-state index in [0.717, 1.165) is 57.1 Å². The number of nitrogens with zero attached hydrogens (tertiary/aromatic N) is 6. The van der Waals surface area contributed by atoms with Gasteiger partial charge in [0, 0.05) is 69.5 Å². The van der Waals surface area contributed by atoms with Crippen LogP contribution < -0.4 is 30.9 Å². The van der Waals surface area contributed by atoms with Gasteiger partial charge in [-0.1, -0.05) is 6.92 Å². The van der Waals surface area contributed by atoms with E-state index in [1.807, 2.05) is 12.1 Å². The molecule has 5 heterocycles. The molecule has 0 radical (unpaired) electrons. The number of hydrogen-bond donors (Lipinski definition) is 3. The lowest BCUT2D eigenvalue weighted by molar-refractivity contribution is 0.150. The number of pyridine rings is 2. The fourth-order valence-corrected chi connectivity index (χ4v) is 8.05. The van der Waals surface area contributed by atoms with Crippen molar-refractivity contribution in [1.82, 2.24) is 30.2 Å². The number of rotatable bonds is 9. The van der Waals surface area contributed by atoms with Crippen molar-refractivity contribution >= 4 is 68.2 Å². The third-order valence-electron chi connectivity index (χ3n) is 8.64. The minimum absolute atomic E-state index is 0.398. The van der Waals surface area contributed by atoms with Crippen LogP contribution in [0, 0.1) is 0 Å². The van der Waals surface area contributed by atoms with Crippen LogP contribution in [0.4, 0.5) is 28.8 Å². The normalized spacial score (nSPS) is 16.6. The van der Waals surface area contributed by atoms with Gasteiger partial charge < -0.3 is 30.2 Å². The van der Waals surface area contributed by atoms with Gasteiger partial charge in [-0.15, -0.1) is 0 Å². The zero-order chi connectivity index (χ0) is 31.6. The number of nitrogens with one attached hydrogen (secondary N) is 3. The number of halogens is 1. The number of benzene rings is 1. The van der Waals surface area contributed by atoms with Gasteiger partial charge in [0.15, 0.2) is 0 Å². The van der Waals surface area contributed by atoms with Crippen molar-refractivity contribution in [1.29, 1.82) is 0 Å². The number of piperazine rings is 1. The first-order valence-electron chi connectivity index (χ1n) is 15.5. The first kappa shape index (κ1) is 31.7. The van der Waals surface area contributed by atoms with Gasteiger partial charge in [-0.2, -0.15) is 4.98 Å². The molecule has 2 aliphatic rings. The highest BCUT2D eigenvalue weighted by Gasteiger charge is 2.27. The summed E-state index contributed by atoms with van der Waals surface area (Å²) in [5, 5.41) is 10.8.